The van der Waals surface area contributed by atoms with Gasteiger partial charge in [-0.3, -0.25) is 0 Å². The fourth-order valence-corrected chi connectivity index (χ4v) is 0.789. The number of carbonyl (C=O) groups is 2. The summed E-state index contributed by atoms with van der Waals surface area (Å²) in [6, 6.07) is 5.64. The largest absolute Gasteiger partial charge is 2.00 e. The molecule has 0 aliphatic rings. The normalized spacial score (nSPS) is 8.47. The number of aromatic carboxylic acids is 2. The fourth-order valence-electron chi connectivity index (χ4n) is 0.789. The summed E-state index contributed by atoms with van der Waals surface area (Å²) in [5.41, 5.74) is 0. The second-order valence-electron chi connectivity index (χ2n) is 2.53. The van der Waals surface area contributed by atoms with Crippen LogP contribution in [0.1, 0.15) is 21.1 Å². The van der Waals surface area contributed by atoms with Crippen LogP contribution >= 0.6 is 0 Å². The monoisotopic (exact) mass is 278 g/mol. The molecule has 7 heteroatoms. The Morgan fingerprint density at radius 3 is 1.35 bits per heavy atom. The van der Waals surface area contributed by atoms with Crippen molar-refractivity contribution >= 4 is 11.9 Å². The quantitative estimate of drug-likeness (QED) is 0.671. The summed E-state index contributed by atoms with van der Waals surface area (Å²) in [7, 11) is 0. The van der Waals surface area contributed by atoms with E-state index in [1.807, 2.05) is 0 Å². The molecule has 0 aromatic carbocycles. The zero-order chi connectivity index (χ0) is 12.0. The van der Waals surface area contributed by atoms with Gasteiger partial charge >= 0.3 is 17.1 Å². The van der Waals surface area contributed by atoms with Crippen LogP contribution in [0.25, 0.3) is 0 Å². The van der Waals surface area contributed by atoms with Crippen LogP contribution in [0.4, 0.5) is 0 Å². The second-order valence-corrected chi connectivity index (χ2v) is 2.53. The molecule has 2 heterocycles. The van der Waals surface area contributed by atoms with Crippen LogP contribution < -0.4 is 10.2 Å². The summed E-state index contributed by atoms with van der Waals surface area (Å²) in [6.07, 6.45) is 2.57. The Bertz CT molecular complexity index is 401. The standard InChI is InChI=1S/2C5H4O3.Fe/c2*6-5(7)4-2-1-3-8-4;/h2*1-3H,(H,6,7);/q;;+2/p-2. The Kier molecular flexibility index (Phi) is 6.47. The number of furan rings is 2. The zero-order valence-electron chi connectivity index (χ0n) is 8.27. The van der Waals surface area contributed by atoms with Crippen LogP contribution in [-0.4, -0.2) is 11.9 Å². The minimum Gasteiger partial charge on any atom is -0.542 e. The van der Waals surface area contributed by atoms with Crippen molar-refractivity contribution < 1.29 is 45.7 Å². The van der Waals surface area contributed by atoms with Crippen molar-refractivity contribution in [2.24, 2.45) is 0 Å². The van der Waals surface area contributed by atoms with E-state index in [0.29, 0.717) is 0 Å². The minimum absolute atomic E-state index is 0. The molecular weight excluding hydrogens is 272 g/mol. The number of carboxylic acid groups (broad SMARTS) is 2. The van der Waals surface area contributed by atoms with E-state index in [0.717, 1.165) is 0 Å². The van der Waals surface area contributed by atoms with Crippen LogP contribution in [0.5, 0.6) is 0 Å². The Morgan fingerprint density at radius 2 is 1.24 bits per heavy atom. The van der Waals surface area contributed by atoms with Gasteiger partial charge in [-0.2, -0.15) is 0 Å². The van der Waals surface area contributed by atoms with E-state index in [-0.39, 0.29) is 28.6 Å². The molecule has 0 aliphatic carbocycles. The van der Waals surface area contributed by atoms with E-state index in [1.165, 1.54) is 36.8 Å². The van der Waals surface area contributed by atoms with Gasteiger partial charge in [-0.05, 0) is 24.3 Å². The third-order valence-electron chi connectivity index (χ3n) is 1.44. The number of carboxylic acids is 2. The first kappa shape index (κ1) is 15.0. The average Bonchev–Trinajstić information content (AvgIpc) is 2.93. The van der Waals surface area contributed by atoms with Crippen LogP contribution in [0.2, 0.25) is 0 Å². The van der Waals surface area contributed by atoms with Gasteiger partial charge in [0.15, 0.2) is 0 Å². The molecule has 6 nitrogen and oxygen atoms in total. The molecule has 0 amide bonds. The van der Waals surface area contributed by atoms with Crippen molar-refractivity contribution in [1.82, 2.24) is 0 Å². The maximum absolute atomic E-state index is 9.86. The van der Waals surface area contributed by atoms with Crippen molar-refractivity contribution in [3.05, 3.63) is 48.3 Å². The summed E-state index contributed by atoms with van der Waals surface area (Å²) in [4.78, 5) is 19.7. The average molecular weight is 278 g/mol. The first-order valence-electron chi connectivity index (χ1n) is 4.11. The predicted octanol–water partition coefficient (Wildman–Crippen LogP) is -0.716. The van der Waals surface area contributed by atoms with Gasteiger partial charge in [0, 0.05) is 0 Å². The van der Waals surface area contributed by atoms with E-state index in [9.17, 15) is 19.8 Å². The molecule has 0 N–H and O–H groups in total. The van der Waals surface area contributed by atoms with Crippen molar-refractivity contribution in [3.63, 3.8) is 0 Å². The van der Waals surface area contributed by atoms with Crippen LogP contribution in [0.15, 0.2) is 45.6 Å². The molecule has 0 saturated carbocycles. The molecule has 0 unspecified atom stereocenters. The smallest absolute Gasteiger partial charge is 0.542 e. The van der Waals surface area contributed by atoms with Crippen LogP contribution in [0.3, 0.4) is 0 Å². The molecule has 0 atom stereocenters. The number of hydrogen-bond donors (Lipinski definition) is 0. The summed E-state index contributed by atoms with van der Waals surface area (Å²) in [5.74, 6) is -2.83. The molecule has 2 rings (SSSR count). The van der Waals surface area contributed by atoms with E-state index < -0.39 is 11.9 Å². The van der Waals surface area contributed by atoms with Gasteiger partial charge in [-0.15, -0.1) is 0 Å². The number of carbonyl (C=O) groups excluding carboxylic acids is 2. The van der Waals surface area contributed by atoms with E-state index >= 15 is 0 Å². The van der Waals surface area contributed by atoms with Gasteiger partial charge in [-0.1, -0.05) is 0 Å². The van der Waals surface area contributed by atoms with Crippen molar-refractivity contribution in [1.29, 1.82) is 0 Å². The molecular formula is C10H6FeO6. The second kappa shape index (κ2) is 7.32. The SMILES string of the molecule is O=C([O-])c1ccco1.O=C([O-])c1ccco1.[Fe+2]. The van der Waals surface area contributed by atoms with Gasteiger partial charge in [-0.25, -0.2) is 0 Å². The molecule has 0 fully saturated rings. The van der Waals surface area contributed by atoms with Gasteiger partial charge in [0.1, 0.15) is 23.5 Å². The third kappa shape index (κ3) is 5.05. The van der Waals surface area contributed by atoms with E-state index in [1.54, 1.807) is 0 Å². The first-order valence-corrected chi connectivity index (χ1v) is 4.11. The van der Waals surface area contributed by atoms with E-state index in [4.69, 9.17) is 0 Å². The Balaban J connectivity index is 0.000000284. The zero-order valence-corrected chi connectivity index (χ0v) is 9.37. The molecule has 90 valence electrons. The molecule has 0 radical (unpaired) electrons. The van der Waals surface area contributed by atoms with Crippen molar-refractivity contribution in [3.8, 4) is 0 Å². The molecule has 17 heavy (non-hydrogen) atoms. The first-order chi connectivity index (χ1) is 7.61. The van der Waals surface area contributed by atoms with Gasteiger partial charge < -0.3 is 28.6 Å². The Labute approximate surface area is 106 Å². The maximum atomic E-state index is 9.86. The van der Waals surface area contributed by atoms with E-state index in [2.05, 4.69) is 8.83 Å². The van der Waals surface area contributed by atoms with Crippen molar-refractivity contribution in [2.75, 3.05) is 0 Å². The van der Waals surface area contributed by atoms with Gasteiger partial charge in [0.05, 0.1) is 12.5 Å². The molecule has 0 saturated heterocycles. The molecule has 0 bridgehead atoms. The molecule has 2 aromatic heterocycles. The predicted molar refractivity (Wildman–Crippen MR) is 46.1 cm³/mol. The topological polar surface area (TPSA) is 107 Å². The van der Waals surface area contributed by atoms with Crippen molar-refractivity contribution in [2.45, 2.75) is 0 Å². The van der Waals surface area contributed by atoms with Crippen LogP contribution in [0, 0.1) is 0 Å². The molecule has 0 aliphatic heterocycles. The van der Waals surface area contributed by atoms with Crippen LogP contribution in [-0.2, 0) is 17.1 Å². The summed E-state index contributed by atoms with van der Waals surface area (Å²) >= 11 is 0. The Hall–Kier alpha value is -1.98. The summed E-state index contributed by atoms with van der Waals surface area (Å²) in [5, 5.41) is 19.7. The molecule has 0 spiro atoms. The molecule has 2 aromatic rings. The minimum atomic E-state index is -1.28. The maximum Gasteiger partial charge on any atom is 2.00 e. The summed E-state index contributed by atoms with van der Waals surface area (Å²) < 4.78 is 8.87. The summed E-state index contributed by atoms with van der Waals surface area (Å²) in [6.45, 7) is 0. The van der Waals surface area contributed by atoms with Gasteiger partial charge in [0.25, 0.3) is 0 Å². The fraction of sp³-hybridized carbons (Fsp3) is 0. The Morgan fingerprint density at radius 1 is 0.882 bits per heavy atom. The van der Waals surface area contributed by atoms with Gasteiger partial charge in [0.2, 0.25) is 0 Å². The third-order valence-corrected chi connectivity index (χ3v) is 1.44. The number of rotatable bonds is 2. The number of hydrogen-bond acceptors (Lipinski definition) is 6.